The lowest BCUT2D eigenvalue weighted by Crippen LogP contribution is -2.35. The minimum Gasteiger partial charge on any atom is -0.394 e. The Morgan fingerprint density at radius 3 is 2.92 bits per heavy atom. The Bertz CT molecular complexity index is 753. The highest BCUT2D eigenvalue weighted by Crippen LogP contribution is 2.44. The molecule has 0 saturated carbocycles. The molecule has 0 spiro atoms. The summed E-state index contributed by atoms with van der Waals surface area (Å²) in [6.45, 7) is 3.85. The van der Waals surface area contributed by atoms with Gasteiger partial charge in [-0.1, -0.05) is 0 Å². The normalized spacial score (nSPS) is 35.6. The summed E-state index contributed by atoms with van der Waals surface area (Å²) in [5.41, 5.74) is 6.53. The van der Waals surface area contributed by atoms with Crippen LogP contribution in [0.2, 0.25) is 0 Å². The maximum atomic E-state index is 9.63. The van der Waals surface area contributed by atoms with Crippen LogP contribution in [0.1, 0.15) is 20.1 Å². The van der Waals surface area contributed by atoms with Gasteiger partial charge < -0.3 is 34.4 Å². The van der Waals surface area contributed by atoms with Gasteiger partial charge in [0.25, 0.3) is 5.97 Å². The number of anilines is 1. The second kappa shape index (κ2) is 5.64. The predicted octanol–water partition coefficient (Wildman–Crippen LogP) is 0.397. The largest absolute Gasteiger partial charge is 0.394 e. The smallest absolute Gasteiger partial charge is 0.280 e. The second-order valence-corrected chi connectivity index (χ2v) is 5.93. The van der Waals surface area contributed by atoms with E-state index in [1.165, 1.54) is 6.33 Å². The second-order valence-electron chi connectivity index (χ2n) is 5.93. The fraction of sp³-hybridized carbons (Fsp3) is 0.600. The van der Waals surface area contributed by atoms with Gasteiger partial charge in [0.15, 0.2) is 6.23 Å². The van der Waals surface area contributed by atoms with E-state index in [2.05, 4.69) is 9.97 Å². The Hall–Kier alpha value is -1.78. The number of aliphatic hydroxyl groups excluding tert-OH is 1. The number of nitrogens with two attached hydrogens (primary N) is 1. The van der Waals surface area contributed by atoms with E-state index in [1.807, 2.05) is 23.8 Å². The maximum absolute atomic E-state index is 9.63. The zero-order valence-electron chi connectivity index (χ0n) is 13.5. The highest BCUT2D eigenvalue weighted by molar-refractivity contribution is 5.86. The van der Waals surface area contributed by atoms with Gasteiger partial charge in [-0.15, -0.1) is 0 Å². The standard InChI is InChI=1S/C15H20N4O5/c1-3-21-15(2)23-10-9(6-20)22-14(11(10)24-15)19-5-4-8-12(16)17-7-18-13(8)19/h4-5,7,9-11,14,20H,3,6H2,1-2H3,(H2,16,17,18)/t9-,10-,11+,14-,15-/m0/s1. The SMILES string of the molecule is CCO[C@@]1(C)O[C@@H]2[C@@H](O1)[C@@H](n1ccc3c(N)ncnc31)O[C@H]2CO. The van der Waals surface area contributed by atoms with Crippen LogP contribution in [0, 0.1) is 0 Å². The third kappa shape index (κ3) is 2.28. The van der Waals surface area contributed by atoms with Crippen LogP contribution < -0.4 is 5.73 Å². The molecule has 2 aliphatic heterocycles. The molecule has 130 valence electrons. The van der Waals surface area contributed by atoms with Crippen LogP contribution in [-0.4, -0.2) is 57.1 Å². The molecule has 0 aliphatic carbocycles. The van der Waals surface area contributed by atoms with Crippen molar-refractivity contribution in [2.75, 3.05) is 18.9 Å². The quantitative estimate of drug-likeness (QED) is 0.824. The number of hydrogen-bond donors (Lipinski definition) is 2. The highest BCUT2D eigenvalue weighted by Gasteiger charge is 2.58. The molecule has 24 heavy (non-hydrogen) atoms. The number of nitrogens with zero attached hydrogens (tertiary/aromatic N) is 3. The molecule has 2 saturated heterocycles. The summed E-state index contributed by atoms with van der Waals surface area (Å²) in [5.74, 6) is -0.758. The first-order chi connectivity index (χ1) is 11.6. The van der Waals surface area contributed by atoms with E-state index in [0.29, 0.717) is 18.1 Å². The van der Waals surface area contributed by atoms with Gasteiger partial charge >= 0.3 is 0 Å². The van der Waals surface area contributed by atoms with E-state index in [0.717, 1.165) is 5.39 Å². The lowest BCUT2D eigenvalue weighted by molar-refractivity contribution is -0.344. The molecule has 0 amide bonds. The van der Waals surface area contributed by atoms with Crippen molar-refractivity contribution < 1.29 is 24.1 Å². The Labute approximate surface area is 138 Å². The van der Waals surface area contributed by atoms with Gasteiger partial charge in [-0.25, -0.2) is 9.97 Å². The Morgan fingerprint density at radius 2 is 2.17 bits per heavy atom. The zero-order valence-corrected chi connectivity index (χ0v) is 13.5. The van der Waals surface area contributed by atoms with Crippen molar-refractivity contribution in [1.29, 1.82) is 0 Å². The lowest BCUT2D eigenvalue weighted by Gasteiger charge is -2.27. The highest BCUT2D eigenvalue weighted by atomic mass is 16.9. The van der Waals surface area contributed by atoms with Crippen LogP contribution in [0.15, 0.2) is 18.6 Å². The van der Waals surface area contributed by atoms with Crippen molar-refractivity contribution in [1.82, 2.24) is 14.5 Å². The summed E-state index contributed by atoms with van der Waals surface area (Å²) in [6, 6.07) is 1.83. The van der Waals surface area contributed by atoms with Crippen LogP contribution in [-0.2, 0) is 18.9 Å². The maximum Gasteiger partial charge on any atom is 0.280 e. The summed E-state index contributed by atoms with van der Waals surface area (Å²) in [6.07, 6.45) is 1.32. The van der Waals surface area contributed by atoms with Crippen molar-refractivity contribution in [3.63, 3.8) is 0 Å². The van der Waals surface area contributed by atoms with Crippen molar-refractivity contribution in [2.24, 2.45) is 0 Å². The molecule has 0 bridgehead atoms. The third-order valence-corrected chi connectivity index (χ3v) is 4.39. The van der Waals surface area contributed by atoms with Crippen molar-refractivity contribution in [2.45, 2.75) is 44.4 Å². The van der Waals surface area contributed by atoms with Gasteiger partial charge in [0, 0.05) is 19.7 Å². The van der Waals surface area contributed by atoms with Crippen LogP contribution in [0.25, 0.3) is 11.0 Å². The molecule has 2 aromatic heterocycles. The minimum absolute atomic E-state index is 0.181. The summed E-state index contributed by atoms with van der Waals surface area (Å²) in [5, 5.41) is 10.4. The molecule has 9 nitrogen and oxygen atoms in total. The van der Waals surface area contributed by atoms with E-state index in [1.54, 1.807) is 6.92 Å². The molecule has 2 aliphatic rings. The Morgan fingerprint density at radius 1 is 1.38 bits per heavy atom. The molecule has 5 atom stereocenters. The number of aromatic nitrogens is 3. The molecule has 2 aromatic rings. The number of fused-ring (bicyclic) bond motifs is 2. The Kier molecular flexibility index (Phi) is 3.70. The summed E-state index contributed by atoms with van der Waals surface area (Å²) >= 11 is 0. The fourth-order valence-corrected chi connectivity index (χ4v) is 3.40. The molecular weight excluding hydrogens is 316 g/mol. The number of rotatable bonds is 4. The van der Waals surface area contributed by atoms with Crippen molar-refractivity contribution in [3.05, 3.63) is 18.6 Å². The monoisotopic (exact) mass is 336 g/mol. The third-order valence-electron chi connectivity index (χ3n) is 4.39. The zero-order chi connectivity index (χ0) is 16.9. The molecule has 2 fully saturated rings. The minimum atomic E-state index is -1.16. The van der Waals surface area contributed by atoms with Gasteiger partial charge in [0.05, 0.1) is 12.0 Å². The van der Waals surface area contributed by atoms with E-state index < -0.39 is 30.5 Å². The molecule has 9 heteroatoms. The van der Waals surface area contributed by atoms with Gasteiger partial charge in [-0.3, -0.25) is 0 Å². The van der Waals surface area contributed by atoms with E-state index in [-0.39, 0.29) is 6.61 Å². The lowest BCUT2D eigenvalue weighted by atomic mass is 10.1. The summed E-state index contributed by atoms with van der Waals surface area (Å²) in [7, 11) is 0. The summed E-state index contributed by atoms with van der Waals surface area (Å²) < 4.78 is 25.2. The first-order valence-corrected chi connectivity index (χ1v) is 7.89. The topological polar surface area (TPSA) is 114 Å². The number of ether oxygens (including phenoxy) is 4. The van der Waals surface area contributed by atoms with Gasteiger partial charge in [0.2, 0.25) is 0 Å². The van der Waals surface area contributed by atoms with E-state index >= 15 is 0 Å². The van der Waals surface area contributed by atoms with Crippen LogP contribution in [0.5, 0.6) is 0 Å². The summed E-state index contributed by atoms with van der Waals surface area (Å²) in [4.78, 5) is 8.27. The van der Waals surface area contributed by atoms with E-state index in [9.17, 15) is 5.11 Å². The van der Waals surface area contributed by atoms with Crippen LogP contribution >= 0.6 is 0 Å². The molecular formula is C15H20N4O5. The van der Waals surface area contributed by atoms with E-state index in [4.69, 9.17) is 24.7 Å². The van der Waals surface area contributed by atoms with Crippen molar-refractivity contribution in [3.8, 4) is 0 Å². The molecule has 3 N–H and O–H groups in total. The first kappa shape index (κ1) is 15.7. The van der Waals surface area contributed by atoms with Crippen molar-refractivity contribution >= 4 is 16.9 Å². The number of hydrogen-bond acceptors (Lipinski definition) is 8. The molecule has 4 rings (SSSR count). The van der Waals surface area contributed by atoms with Crippen LogP contribution in [0.4, 0.5) is 5.82 Å². The first-order valence-electron chi connectivity index (χ1n) is 7.89. The Balaban J connectivity index is 1.71. The van der Waals surface area contributed by atoms with Crippen LogP contribution in [0.3, 0.4) is 0 Å². The fourth-order valence-electron chi connectivity index (χ4n) is 3.40. The number of aliphatic hydroxyl groups is 1. The molecule has 0 unspecified atom stereocenters. The number of nitrogen functional groups attached to an aromatic ring is 1. The average molecular weight is 336 g/mol. The van der Waals surface area contributed by atoms with Gasteiger partial charge in [0.1, 0.15) is 36.1 Å². The average Bonchev–Trinajstić information content (AvgIpc) is 3.19. The van der Waals surface area contributed by atoms with Gasteiger partial charge in [-0.05, 0) is 13.0 Å². The molecule has 0 radical (unpaired) electrons. The molecule has 0 aromatic carbocycles. The van der Waals surface area contributed by atoms with Gasteiger partial charge in [-0.2, -0.15) is 0 Å². The molecule has 4 heterocycles. The predicted molar refractivity (Wildman–Crippen MR) is 82.7 cm³/mol.